The SMILES string of the molecule is C=CCC(N)C(=O)N(CCC)C(C)c1ccccc1Br. The molecule has 2 N–H and O–H groups in total. The van der Waals surface area contributed by atoms with E-state index in [1.165, 1.54) is 0 Å². The molecule has 0 aliphatic carbocycles. The molecule has 0 heterocycles. The molecule has 0 fully saturated rings. The molecule has 1 aromatic rings. The first-order chi connectivity index (χ1) is 9.52. The van der Waals surface area contributed by atoms with E-state index >= 15 is 0 Å². The van der Waals surface area contributed by atoms with Crippen molar-refractivity contribution in [1.82, 2.24) is 4.90 Å². The molecule has 20 heavy (non-hydrogen) atoms. The van der Waals surface area contributed by atoms with Gasteiger partial charge in [0.1, 0.15) is 0 Å². The molecule has 2 unspecified atom stereocenters. The van der Waals surface area contributed by atoms with Gasteiger partial charge in [-0.25, -0.2) is 0 Å². The average molecular weight is 339 g/mol. The zero-order valence-corrected chi connectivity index (χ0v) is 13.8. The number of benzene rings is 1. The van der Waals surface area contributed by atoms with Crippen LogP contribution in [0.2, 0.25) is 0 Å². The Balaban J connectivity index is 2.98. The monoisotopic (exact) mass is 338 g/mol. The molecule has 0 aliphatic heterocycles. The van der Waals surface area contributed by atoms with Crippen LogP contribution in [-0.4, -0.2) is 23.4 Å². The van der Waals surface area contributed by atoms with E-state index in [0.717, 1.165) is 16.5 Å². The van der Waals surface area contributed by atoms with Crippen molar-refractivity contribution in [2.24, 2.45) is 5.73 Å². The van der Waals surface area contributed by atoms with Crippen molar-refractivity contribution >= 4 is 21.8 Å². The standard InChI is InChI=1S/C16H23BrN2O/c1-4-8-15(18)16(20)19(11-5-2)12(3)13-9-6-7-10-14(13)17/h4,6-7,9-10,12,15H,1,5,8,11,18H2,2-3H3. The fourth-order valence-corrected chi connectivity index (χ4v) is 2.83. The lowest BCUT2D eigenvalue weighted by atomic mass is 10.0. The maximum Gasteiger partial charge on any atom is 0.240 e. The van der Waals surface area contributed by atoms with Crippen LogP contribution >= 0.6 is 15.9 Å². The third-order valence-electron chi connectivity index (χ3n) is 3.31. The minimum atomic E-state index is -0.510. The van der Waals surface area contributed by atoms with Gasteiger partial charge in [-0.3, -0.25) is 4.79 Å². The Morgan fingerprint density at radius 2 is 2.15 bits per heavy atom. The molecule has 0 spiro atoms. The van der Waals surface area contributed by atoms with Gasteiger partial charge in [-0.05, 0) is 31.4 Å². The lowest BCUT2D eigenvalue weighted by Gasteiger charge is -2.32. The Hall–Kier alpha value is -1.13. The summed E-state index contributed by atoms with van der Waals surface area (Å²) in [6.07, 6.45) is 3.10. The topological polar surface area (TPSA) is 46.3 Å². The molecule has 0 radical (unpaired) electrons. The van der Waals surface area contributed by atoms with Crippen LogP contribution in [-0.2, 0) is 4.79 Å². The summed E-state index contributed by atoms with van der Waals surface area (Å²) in [4.78, 5) is 14.3. The van der Waals surface area contributed by atoms with Gasteiger partial charge in [0, 0.05) is 11.0 Å². The van der Waals surface area contributed by atoms with Crippen LogP contribution in [0.3, 0.4) is 0 Å². The van der Waals surface area contributed by atoms with Gasteiger partial charge in [0.15, 0.2) is 0 Å². The molecule has 0 saturated carbocycles. The van der Waals surface area contributed by atoms with Gasteiger partial charge in [-0.2, -0.15) is 0 Å². The fourth-order valence-electron chi connectivity index (χ4n) is 2.21. The lowest BCUT2D eigenvalue weighted by Crippen LogP contribution is -2.45. The highest BCUT2D eigenvalue weighted by molar-refractivity contribution is 9.10. The van der Waals surface area contributed by atoms with Gasteiger partial charge < -0.3 is 10.6 Å². The molecule has 1 aromatic carbocycles. The van der Waals surface area contributed by atoms with E-state index in [4.69, 9.17) is 5.73 Å². The Bertz CT molecular complexity index is 462. The number of nitrogens with zero attached hydrogens (tertiary/aromatic N) is 1. The van der Waals surface area contributed by atoms with Crippen LogP contribution in [0.4, 0.5) is 0 Å². The van der Waals surface area contributed by atoms with E-state index in [-0.39, 0.29) is 11.9 Å². The largest absolute Gasteiger partial charge is 0.335 e. The quantitative estimate of drug-likeness (QED) is 0.771. The molecular weight excluding hydrogens is 316 g/mol. The molecule has 3 nitrogen and oxygen atoms in total. The van der Waals surface area contributed by atoms with Gasteiger partial charge >= 0.3 is 0 Å². The number of nitrogens with two attached hydrogens (primary N) is 1. The lowest BCUT2D eigenvalue weighted by molar-refractivity contribution is -0.134. The molecule has 1 amide bonds. The normalized spacial score (nSPS) is 13.6. The van der Waals surface area contributed by atoms with E-state index in [1.54, 1.807) is 6.08 Å². The Morgan fingerprint density at radius 3 is 2.70 bits per heavy atom. The molecule has 4 heteroatoms. The molecule has 110 valence electrons. The average Bonchev–Trinajstić information content (AvgIpc) is 2.44. The van der Waals surface area contributed by atoms with Crippen molar-refractivity contribution in [2.45, 2.75) is 38.8 Å². The Labute approximate surface area is 130 Å². The first-order valence-electron chi connectivity index (χ1n) is 6.94. The highest BCUT2D eigenvalue weighted by Gasteiger charge is 2.25. The van der Waals surface area contributed by atoms with E-state index in [0.29, 0.717) is 13.0 Å². The second-order valence-corrected chi connectivity index (χ2v) is 5.71. The Kier molecular flexibility index (Phi) is 6.96. The molecule has 0 aromatic heterocycles. The predicted molar refractivity (Wildman–Crippen MR) is 87.4 cm³/mol. The minimum absolute atomic E-state index is 0.00566. The second-order valence-electron chi connectivity index (χ2n) is 4.86. The van der Waals surface area contributed by atoms with Crippen LogP contribution in [0.25, 0.3) is 0 Å². The highest BCUT2D eigenvalue weighted by atomic mass is 79.9. The van der Waals surface area contributed by atoms with E-state index in [1.807, 2.05) is 36.1 Å². The summed E-state index contributed by atoms with van der Waals surface area (Å²) in [6, 6.07) is 7.45. The van der Waals surface area contributed by atoms with Crippen LogP contribution in [0, 0.1) is 0 Å². The number of rotatable bonds is 7. The van der Waals surface area contributed by atoms with Crippen molar-refractivity contribution in [3.63, 3.8) is 0 Å². The summed E-state index contributed by atoms with van der Waals surface area (Å²) in [7, 11) is 0. The van der Waals surface area contributed by atoms with E-state index in [9.17, 15) is 4.79 Å². The van der Waals surface area contributed by atoms with Gasteiger partial charge in [0.05, 0.1) is 12.1 Å². The van der Waals surface area contributed by atoms with Crippen LogP contribution in [0.15, 0.2) is 41.4 Å². The molecule has 0 aliphatic rings. The third-order valence-corrected chi connectivity index (χ3v) is 4.03. The first kappa shape index (κ1) is 16.9. The molecular formula is C16H23BrN2O. The van der Waals surface area contributed by atoms with Gasteiger partial charge in [0.25, 0.3) is 0 Å². The van der Waals surface area contributed by atoms with Crippen LogP contribution in [0.1, 0.15) is 38.3 Å². The Morgan fingerprint density at radius 1 is 1.50 bits per heavy atom. The number of carbonyl (C=O) groups is 1. The van der Waals surface area contributed by atoms with Gasteiger partial charge in [0.2, 0.25) is 5.91 Å². The summed E-state index contributed by atoms with van der Waals surface area (Å²) < 4.78 is 1.01. The zero-order valence-electron chi connectivity index (χ0n) is 12.2. The van der Waals surface area contributed by atoms with Gasteiger partial charge in [-0.1, -0.05) is 47.1 Å². The van der Waals surface area contributed by atoms with Crippen molar-refractivity contribution < 1.29 is 4.79 Å². The maximum atomic E-state index is 12.5. The van der Waals surface area contributed by atoms with Crippen LogP contribution < -0.4 is 5.73 Å². The molecule has 0 bridgehead atoms. The zero-order chi connectivity index (χ0) is 15.1. The molecule has 1 rings (SSSR count). The summed E-state index contributed by atoms with van der Waals surface area (Å²) >= 11 is 3.55. The van der Waals surface area contributed by atoms with Crippen molar-refractivity contribution in [1.29, 1.82) is 0 Å². The number of hydrogen-bond donors (Lipinski definition) is 1. The van der Waals surface area contributed by atoms with Gasteiger partial charge in [-0.15, -0.1) is 6.58 Å². The molecule has 2 atom stereocenters. The summed E-state index contributed by atoms with van der Waals surface area (Å²) in [5, 5.41) is 0. The molecule has 0 saturated heterocycles. The van der Waals surface area contributed by atoms with Crippen molar-refractivity contribution in [3.8, 4) is 0 Å². The summed E-state index contributed by atoms with van der Waals surface area (Å²) in [5.74, 6) is -0.0185. The second kappa shape index (κ2) is 8.22. The van der Waals surface area contributed by atoms with Crippen LogP contribution in [0.5, 0.6) is 0 Å². The summed E-state index contributed by atoms with van der Waals surface area (Å²) in [5.41, 5.74) is 7.04. The predicted octanol–water partition coefficient (Wildman–Crippen LogP) is 3.65. The number of halogens is 1. The van der Waals surface area contributed by atoms with E-state index < -0.39 is 6.04 Å². The number of hydrogen-bond acceptors (Lipinski definition) is 2. The maximum absolute atomic E-state index is 12.5. The third kappa shape index (κ3) is 4.18. The minimum Gasteiger partial charge on any atom is -0.335 e. The fraction of sp³-hybridized carbons (Fsp3) is 0.438. The highest BCUT2D eigenvalue weighted by Crippen LogP contribution is 2.28. The smallest absolute Gasteiger partial charge is 0.240 e. The van der Waals surface area contributed by atoms with Crippen molar-refractivity contribution in [2.75, 3.05) is 6.54 Å². The number of carbonyl (C=O) groups excluding carboxylic acids is 1. The summed E-state index contributed by atoms with van der Waals surface area (Å²) in [6.45, 7) is 8.45. The van der Waals surface area contributed by atoms with E-state index in [2.05, 4.69) is 29.4 Å². The van der Waals surface area contributed by atoms with Crippen molar-refractivity contribution in [3.05, 3.63) is 47.0 Å². The first-order valence-corrected chi connectivity index (χ1v) is 7.73. The number of amides is 1.